The summed E-state index contributed by atoms with van der Waals surface area (Å²) >= 11 is 0. The molecule has 0 aromatic carbocycles. The lowest BCUT2D eigenvalue weighted by atomic mass is 10.0. The molecule has 0 heterocycles. The van der Waals surface area contributed by atoms with Crippen LogP contribution in [0.1, 0.15) is 26.7 Å². The third-order valence-corrected chi connectivity index (χ3v) is 2.86. The number of nitrogens with one attached hydrogen (secondary N) is 1. The van der Waals surface area contributed by atoms with Crippen LogP contribution in [0.15, 0.2) is 0 Å². The summed E-state index contributed by atoms with van der Waals surface area (Å²) in [5.41, 5.74) is -0.386. The van der Waals surface area contributed by atoms with Gasteiger partial charge in [0.1, 0.15) is 0 Å². The van der Waals surface area contributed by atoms with Crippen molar-refractivity contribution in [2.45, 2.75) is 32.3 Å². The summed E-state index contributed by atoms with van der Waals surface area (Å²) in [4.78, 5) is 23.3. The summed E-state index contributed by atoms with van der Waals surface area (Å²) in [6, 6.07) is -0.289. The molecular weight excluding hydrogens is 224 g/mol. The molecule has 0 spiro atoms. The molecule has 0 aliphatic rings. The Morgan fingerprint density at radius 3 is 2.47 bits per heavy atom. The van der Waals surface area contributed by atoms with Crippen LogP contribution in [0, 0.1) is 0 Å². The molecular formula is C11H22N2O4. The molecule has 0 aromatic heterocycles. The number of methoxy groups -OCH3 is 1. The van der Waals surface area contributed by atoms with Crippen LogP contribution in [-0.4, -0.2) is 54.9 Å². The van der Waals surface area contributed by atoms with Gasteiger partial charge in [0.15, 0.2) is 0 Å². The number of carbonyl (C=O) groups excluding carboxylic acids is 1. The number of urea groups is 1. The summed E-state index contributed by atoms with van der Waals surface area (Å²) < 4.78 is 5.29. The van der Waals surface area contributed by atoms with Gasteiger partial charge in [0.2, 0.25) is 0 Å². The monoisotopic (exact) mass is 246 g/mol. The van der Waals surface area contributed by atoms with Crippen molar-refractivity contribution in [1.29, 1.82) is 0 Å². The number of rotatable bonds is 7. The zero-order chi connectivity index (χ0) is 13.5. The van der Waals surface area contributed by atoms with Gasteiger partial charge in [0.05, 0.1) is 12.0 Å². The van der Waals surface area contributed by atoms with Crippen LogP contribution in [0.4, 0.5) is 4.79 Å². The third kappa shape index (κ3) is 6.11. The highest BCUT2D eigenvalue weighted by Gasteiger charge is 2.22. The molecule has 0 aliphatic carbocycles. The van der Waals surface area contributed by atoms with E-state index in [0.29, 0.717) is 6.54 Å². The number of aliphatic carboxylic acids is 1. The van der Waals surface area contributed by atoms with Gasteiger partial charge in [0, 0.05) is 27.2 Å². The Labute approximate surface area is 102 Å². The summed E-state index contributed by atoms with van der Waals surface area (Å²) in [5.74, 6) is -0.917. The number of hydrogen-bond acceptors (Lipinski definition) is 3. The highest BCUT2D eigenvalue weighted by Crippen LogP contribution is 2.12. The SMILES string of the molecule is CCC(C)(CNC(=O)N(C)CCC(=O)O)OC. The van der Waals surface area contributed by atoms with E-state index in [-0.39, 0.29) is 24.6 Å². The first-order valence-corrected chi connectivity index (χ1v) is 5.60. The van der Waals surface area contributed by atoms with Crippen LogP contribution in [0.25, 0.3) is 0 Å². The lowest BCUT2D eigenvalue weighted by Gasteiger charge is -2.28. The topological polar surface area (TPSA) is 78.9 Å². The van der Waals surface area contributed by atoms with Crippen molar-refractivity contribution in [3.05, 3.63) is 0 Å². The summed E-state index contributed by atoms with van der Waals surface area (Å²) in [5, 5.41) is 11.2. The third-order valence-electron chi connectivity index (χ3n) is 2.86. The maximum atomic E-state index is 11.6. The first-order valence-electron chi connectivity index (χ1n) is 5.60. The zero-order valence-corrected chi connectivity index (χ0v) is 10.9. The average molecular weight is 246 g/mol. The van der Waals surface area contributed by atoms with Crippen LogP contribution in [0.5, 0.6) is 0 Å². The standard InChI is InChI=1S/C11H22N2O4/c1-5-11(2,17-4)8-12-10(16)13(3)7-6-9(14)15/h5-8H2,1-4H3,(H,12,16)(H,14,15). The van der Waals surface area contributed by atoms with E-state index in [1.54, 1.807) is 14.2 Å². The molecule has 0 fully saturated rings. The maximum absolute atomic E-state index is 11.6. The Morgan fingerprint density at radius 1 is 1.47 bits per heavy atom. The van der Waals surface area contributed by atoms with Gasteiger partial charge < -0.3 is 20.1 Å². The Hall–Kier alpha value is -1.30. The predicted molar refractivity (Wildman–Crippen MR) is 64.0 cm³/mol. The first-order chi connectivity index (χ1) is 7.84. The molecule has 17 heavy (non-hydrogen) atoms. The van der Waals surface area contributed by atoms with Crippen molar-refractivity contribution in [3.8, 4) is 0 Å². The molecule has 0 rings (SSSR count). The molecule has 0 bridgehead atoms. The molecule has 0 saturated carbocycles. The van der Waals surface area contributed by atoms with Gasteiger partial charge in [-0.3, -0.25) is 4.79 Å². The van der Waals surface area contributed by atoms with Gasteiger partial charge in [-0.15, -0.1) is 0 Å². The van der Waals surface area contributed by atoms with Crippen molar-refractivity contribution in [2.24, 2.45) is 0 Å². The number of amides is 2. The average Bonchev–Trinajstić information content (AvgIpc) is 2.32. The minimum atomic E-state index is -0.917. The van der Waals surface area contributed by atoms with Gasteiger partial charge in [-0.2, -0.15) is 0 Å². The van der Waals surface area contributed by atoms with Crippen LogP contribution >= 0.6 is 0 Å². The first kappa shape index (κ1) is 15.7. The summed E-state index contributed by atoms with van der Waals surface area (Å²) in [7, 11) is 3.16. The van der Waals surface area contributed by atoms with Crippen molar-refractivity contribution in [2.75, 3.05) is 27.2 Å². The molecule has 1 atom stereocenters. The number of carbonyl (C=O) groups is 2. The Kier molecular flexibility index (Phi) is 6.57. The van der Waals surface area contributed by atoms with E-state index in [9.17, 15) is 9.59 Å². The zero-order valence-electron chi connectivity index (χ0n) is 10.9. The molecule has 0 aliphatic heterocycles. The van der Waals surface area contributed by atoms with E-state index in [4.69, 9.17) is 9.84 Å². The molecule has 0 radical (unpaired) electrons. The van der Waals surface area contributed by atoms with Crippen LogP contribution in [-0.2, 0) is 9.53 Å². The number of hydrogen-bond donors (Lipinski definition) is 2. The van der Waals surface area contributed by atoms with Gasteiger partial charge in [-0.25, -0.2) is 4.79 Å². The van der Waals surface area contributed by atoms with E-state index in [1.165, 1.54) is 4.90 Å². The molecule has 6 heteroatoms. The number of carboxylic acids is 1. The lowest BCUT2D eigenvalue weighted by Crippen LogP contribution is -2.46. The van der Waals surface area contributed by atoms with Crippen molar-refractivity contribution >= 4 is 12.0 Å². The number of ether oxygens (including phenoxy) is 1. The number of nitrogens with zero attached hydrogens (tertiary/aromatic N) is 1. The van der Waals surface area contributed by atoms with Crippen molar-refractivity contribution in [1.82, 2.24) is 10.2 Å². The molecule has 1 unspecified atom stereocenters. The Bertz CT molecular complexity index is 264. The van der Waals surface area contributed by atoms with Gasteiger partial charge >= 0.3 is 12.0 Å². The second-order valence-corrected chi connectivity index (χ2v) is 4.23. The van der Waals surface area contributed by atoms with E-state index < -0.39 is 5.97 Å². The lowest BCUT2D eigenvalue weighted by molar-refractivity contribution is -0.137. The smallest absolute Gasteiger partial charge is 0.317 e. The minimum Gasteiger partial charge on any atom is -0.481 e. The van der Waals surface area contributed by atoms with E-state index in [2.05, 4.69) is 5.32 Å². The van der Waals surface area contributed by atoms with Crippen LogP contribution < -0.4 is 5.32 Å². The summed E-state index contributed by atoms with van der Waals surface area (Å²) in [6.45, 7) is 4.47. The fourth-order valence-corrected chi connectivity index (χ4v) is 1.10. The van der Waals surface area contributed by atoms with Crippen molar-refractivity contribution in [3.63, 3.8) is 0 Å². The second-order valence-electron chi connectivity index (χ2n) is 4.23. The predicted octanol–water partition coefficient (Wildman–Crippen LogP) is 0.918. The maximum Gasteiger partial charge on any atom is 0.317 e. The fourth-order valence-electron chi connectivity index (χ4n) is 1.10. The van der Waals surface area contributed by atoms with Gasteiger partial charge in [-0.1, -0.05) is 6.92 Å². The fraction of sp³-hybridized carbons (Fsp3) is 0.818. The minimum absolute atomic E-state index is 0.0563. The molecule has 2 N–H and O–H groups in total. The Balaban J connectivity index is 4.04. The van der Waals surface area contributed by atoms with E-state index >= 15 is 0 Å². The van der Waals surface area contributed by atoms with Gasteiger partial charge in [-0.05, 0) is 13.3 Å². The molecule has 6 nitrogen and oxygen atoms in total. The molecule has 0 aromatic rings. The Morgan fingerprint density at radius 2 is 2.06 bits per heavy atom. The molecule has 100 valence electrons. The highest BCUT2D eigenvalue weighted by molar-refractivity contribution is 5.75. The quantitative estimate of drug-likeness (QED) is 0.700. The van der Waals surface area contributed by atoms with E-state index in [0.717, 1.165) is 6.42 Å². The largest absolute Gasteiger partial charge is 0.481 e. The molecule has 2 amide bonds. The van der Waals surface area contributed by atoms with Crippen LogP contribution in [0.2, 0.25) is 0 Å². The van der Waals surface area contributed by atoms with E-state index in [1.807, 2.05) is 13.8 Å². The second kappa shape index (κ2) is 7.11. The van der Waals surface area contributed by atoms with Crippen LogP contribution in [0.3, 0.4) is 0 Å². The van der Waals surface area contributed by atoms with Crippen molar-refractivity contribution < 1.29 is 19.4 Å². The highest BCUT2D eigenvalue weighted by atomic mass is 16.5. The van der Waals surface area contributed by atoms with Gasteiger partial charge in [0.25, 0.3) is 0 Å². The normalized spacial score (nSPS) is 13.9. The molecule has 0 saturated heterocycles. The number of carboxylic acid groups (broad SMARTS) is 1. The summed E-state index contributed by atoms with van der Waals surface area (Å²) in [6.07, 6.45) is 0.724.